The highest BCUT2D eigenvalue weighted by atomic mass is 32.2. The van der Waals surface area contributed by atoms with Crippen molar-refractivity contribution in [1.29, 1.82) is 0 Å². The number of carbonyl (C=O) groups excluding carboxylic acids is 2. The number of hydrazine groups is 1. The lowest BCUT2D eigenvalue weighted by Crippen LogP contribution is -2.54. The number of hydrogen-bond acceptors (Lipinski definition) is 8. The zero-order valence-electron chi connectivity index (χ0n) is 16.5. The van der Waals surface area contributed by atoms with Crippen molar-refractivity contribution in [3.05, 3.63) is 24.3 Å². The van der Waals surface area contributed by atoms with Crippen LogP contribution in [0.5, 0.6) is 0 Å². The molecule has 1 aromatic rings. The summed E-state index contributed by atoms with van der Waals surface area (Å²) in [6.45, 7) is 5.07. The van der Waals surface area contributed by atoms with Gasteiger partial charge in [0.1, 0.15) is 16.7 Å². The van der Waals surface area contributed by atoms with Gasteiger partial charge in [-0.3, -0.25) is 15.4 Å². The summed E-state index contributed by atoms with van der Waals surface area (Å²) in [7, 11) is 1.57. The monoisotopic (exact) mass is 410 g/mol. The lowest BCUT2D eigenvalue weighted by atomic mass is 10.2. The summed E-state index contributed by atoms with van der Waals surface area (Å²) in [5.41, 5.74) is 10.4. The number of carbonyl (C=O) groups is 2. The third-order valence-corrected chi connectivity index (χ3v) is 5.99. The van der Waals surface area contributed by atoms with E-state index in [0.29, 0.717) is 19.7 Å². The van der Waals surface area contributed by atoms with Crippen LogP contribution in [0.3, 0.4) is 0 Å². The average Bonchev–Trinajstić information content (AvgIpc) is 3.01. The standard InChI is InChI=1S/C18H30N6O3S/c1-4-24-17(26)14(9-21-12-5-7-13(23-20)8-6-12)28-18(24)15(19)16(25)22-11(2)10-27-3/h5-8,11,14-15,18,21,23H,4,9-10,19-20H2,1-3H3,(H,22,25)/t11?,14-,15-,18?/m1/s1. The van der Waals surface area contributed by atoms with E-state index in [1.165, 1.54) is 11.8 Å². The van der Waals surface area contributed by atoms with E-state index < -0.39 is 11.4 Å². The number of nitrogens with zero attached hydrogens (tertiary/aromatic N) is 1. The van der Waals surface area contributed by atoms with Gasteiger partial charge in [-0.2, -0.15) is 0 Å². The van der Waals surface area contributed by atoms with Gasteiger partial charge in [0.2, 0.25) is 11.8 Å². The van der Waals surface area contributed by atoms with E-state index >= 15 is 0 Å². The third-order valence-electron chi connectivity index (χ3n) is 4.47. The molecule has 2 unspecified atom stereocenters. The zero-order chi connectivity index (χ0) is 20.7. The molecule has 2 amide bonds. The maximum Gasteiger partial charge on any atom is 0.240 e. The highest BCUT2D eigenvalue weighted by Crippen LogP contribution is 2.33. The average molecular weight is 411 g/mol. The summed E-state index contributed by atoms with van der Waals surface area (Å²) < 4.78 is 5.03. The van der Waals surface area contributed by atoms with Crippen molar-refractivity contribution >= 4 is 35.0 Å². The second-order valence-electron chi connectivity index (χ2n) is 6.63. The number of methoxy groups -OCH3 is 1. The fourth-order valence-corrected chi connectivity index (χ4v) is 4.48. The van der Waals surface area contributed by atoms with Gasteiger partial charge in [-0.25, -0.2) is 0 Å². The van der Waals surface area contributed by atoms with Crippen molar-refractivity contribution in [2.24, 2.45) is 11.6 Å². The van der Waals surface area contributed by atoms with Gasteiger partial charge in [0.05, 0.1) is 6.61 Å². The molecule has 10 heteroatoms. The Morgan fingerprint density at radius 2 is 1.96 bits per heavy atom. The molecule has 0 spiro atoms. The number of likely N-dealkylation sites (N-methyl/N-ethyl adjacent to an activating group) is 1. The van der Waals surface area contributed by atoms with Crippen LogP contribution in [0, 0.1) is 0 Å². The number of benzene rings is 1. The highest BCUT2D eigenvalue weighted by molar-refractivity contribution is 8.01. The smallest absolute Gasteiger partial charge is 0.240 e. The first kappa shape index (κ1) is 22.3. The molecule has 9 nitrogen and oxygen atoms in total. The van der Waals surface area contributed by atoms with Gasteiger partial charge in [0.25, 0.3) is 0 Å². The lowest BCUT2D eigenvalue weighted by Gasteiger charge is -2.27. The number of anilines is 2. The van der Waals surface area contributed by atoms with Crippen molar-refractivity contribution in [2.45, 2.75) is 36.6 Å². The number of nitrogens with one attached hydrogen (secondary N) is 3. The van der Waals surface area contributed by atoms with Crippen LogP contribution in [0.2, 0.25) is 0 Å². The van der Waals surface area contributed by atoms with Gasteiger partial charge in [-0.15, -0.1) is 11.8 Å². The summed E-state index contributed by atoms with van der Waals surface area (Å²) >= 11 is 1.42. The van der Waals surface area contributed by atoms with Crippen LogP contribution in [0.15, 0.2) is 24.3 Å². The minimum absolute atomic E-state index is 0.0153. The zero-order valence-corrected chi connectivity index (χ0v) is 17.3. The summed E-state index contributed by atoms with van der Waals surface area (Å²) in [6.07, 6.45) is 0. The topological polar surface area (TPSA) is 135 Å². The molecule has 1 aliphatic heterocycles. The number of hydrogen-bond donors (Lipinski definition) is 5. The molecule has 28 heavy (non-hydrogen) atoms. The van der Waals surface area contributed by atoms with Crippen LogP contribution in [-0.4, -0.2) is 66.2 Å². The fourth-order valence-electron chi connectivity index (χ4n) is 3.02. The number of nitrogen functional groups attached to an aromatic ring is 1. The predicted octanol–water partition coefficient (Wildman–Crippen LogP) is 0.153. The minimum Gasteiger partial charge on any atom is -0.383 e. The van der Waals surface area contributed by atoms with E-state index in [0.717, 1.165) is 11.4 Å². The Kier molecular flexibility index (Phi) is 8.36. The molecule has 1 aromatic carbocycles. The quantitative estimate of drug-likeness (QED) is 0.272. The maximum absolute atomic E-state index is 12.8. The van der Waals surface area contributed by atoms with Gasteiger partial charge < -0.3 is 31.4 Å². The number of ether oxygens (including phenoxy) is 1. The van der Waals surface area contributed by atoms with Gasteiger partial charge >= 0.3 is 0 Å². The molecule has 1 heterocycles. The molecule has 0 aromatic heterocycles. The van der Waals surface area contributed by atoms with E-state index in [-0.39, 0.29) is 23.1 Å². The molecular formula is C18H30N6O3S. The highest BCUT2D eigenvalue weighted by Gasteiger charge is 2.44. The Labute approximate surface area is 169 Å². The summed E-state index contributed by atoms with van der Waals surface area (Å²) in [5, 5.41) is 5.37. The van der Waals surface area contributed by atoms with E-state index in [1.54, 1.807) is 12.0 Å². The van der Waals surface area contributed by atoms with E-state index in [4.69, 9.17) is 16.3 Å². The summed E-state index contributed by atoms with van der Waals surface area (Å²) in [6, 6.07) is 6.48. The molecule has 0 bridgehead atoms. The first-order chi connectivity index (χ1) is 13.4. The lowest BCUT2D eigenvalue weighted by molar-refractivity contribution is -0.131. The van der Waals surface area contributed by atoms with Crippen LogP contribution in [0.1, 0.15) is 13.8 Å². The molecule has 4 atom stereocenters. The molecule has 1 aliphatic rings. The Balaban J connectivity index is 1.97. The van der Waals surface area contributed by atoms with E-state index in [2.05, 4.69) is 16.1 Å². The number of amides is 2. The Bertz CT molecular complexity index is 659. The number of rotatable bonds is 10. The van der Waals surface area contributed by atoms with Crippen molar-refractivity contribution < 1.29 is 14.3 Å². The molecule has 0 aliphatic carbocycles. The van der Waals surface area contributed by atoms with Crippen LogP contribution >= 0.6 is 11.8 Å². The molecule has 1 fully saturated rings. The maximum atomic E-state index is 12.8. The third kappa shape index (κ3) is 5.51. The van der Waals surface area contributed by atoms with Gasteiger partial charge in [0.15, 0.2) is 0 Å². The Morgan fingerprint density at radius 3 is 2.54 bits per heavy atom. The van der Waals surface area contributed by atoms with Gasteiger partial charge in [0, 0.05) is 37.6 Å². The number of thioether (sulfide) groups is 1. The van der Waals surface area contributed by atoms with Crippen molar-refractivity contribution in [3.63, 3.8) is 0 Å². The van der Waals surface area contributed by atoms with E-state index in [9.17, 15) is 9.59 Å². The van der Waals surface area contributed by atoms with Crippen LogP contribution in [-0.2, 0) is 14.3 Å². The minimum atomic E-state index is -0.812. The summed E-state index contributed by atoms with van der Waals surface area (Å²) in [4.78, 5) is 26.9. The normalized spacial score (nSPS) is 21.3. The molecule has 1 saturated heterocycles. The Hall–Kier alpha value is -2.01. The fraction of sp³-hybridized carbons (Fsp3) is 0.556. The predicted molar refractivity (Wildman–Crippen MR) is 113 cm³/mol. The second-order valence-corrected chi connectivity index (χ2v) is 7.96. The molecular weight excluding hydrogens is 380 g/mol. The molecule has 156 valence electrons. The molecule has 0 radical (unpaired) electrons. The molecule has 7 N–H and O–H groups in total. The van der Waals surface area contributed by atoms with Crippen molar-refractivity contribution in [1.82, 2.24) is 10.2 Å². The van der Waals surface area contributed by atoms with Crippen molar-refractivity contribution in [2.75, 3.05) is 37.5 Å². The SMILES string of the molecule is CCN1C(=O)[C@@H](CNc2ccc(NN)cc2)SC1[C@H](N)C(=O)NC(C)COC. The molecule has 2 rings (SSSR count). The van der Waals surface area contributed by atoms with Crippen LogP contribution < -0.4 is 27.6 Å². The van der Waals surface area contributed by atoms with Gasteiger partial charge in [-0.1, -0.05) is 0 Å². The van der Waals surface area contributed by atoms with Crippen LogP contribution in [0.25, 0.3) is 0 Å². The van der Waals surface area contributed by atoms with Crippen molar-refractivity contribution in [3.8, 4) is 0 Å². The molecule has 0 saturated carbocycles. The second kappa shape index (κ2) is 10.5. The largest absolute Gasteiger partial charge is 0.383 e. The summed E-state index contributed by atoms with van der Waals surface area (Å²) in [5.74, 6) is 5.06. The first-order valence-electron chi connectivity index (χ1n) is 9.22. The Morgan fingerprint density at radius 1 is 1.32 bits per heavy atom. The first-order valence-corrected chi connectivity index (χ1v) is 10.2. The van der Waals surface area contributed by atoms with Gasteiger partial charge in [-0.05, 0) is 38.1 Å². The van der Waals surface area contributed by atoms with E-state index in [1.807, 2.05) is 38.1 Å². The number of nitrogens with two attached hydrogens (primary N) is 2. The van der Waals surface area contributed by atoms with Crippen LogP contribution in [0.4, 0.5) is 11.4 Å².